The van der Waals surface area contributed by atoms with Gasteiger partial charge >= 0.3 is 0 Å². The molecule has 0 unspecified atom stereocenters. The number of carbonyl (C=O) groups excluding carboxylic acids is 3. The number of likely N-dealkylation sites (tertiary alicyclic amines) is 1. The first-order valence-electron chi connectivity index (χ1n) is 8.89. The molecular weight excluding hydrogens is 334 g/mol. The second kappa shape index (κ2) is 9.22. The van der Waals surface area contributed by atoms with Crippen molar-refractivity contribution in [1.82, 2.24) is 9.80 Å². The minimum atomic E-state index is -0.193. The summed E-state index contributed by atoms with van der Waals surface area (Å²) in [5.74, 6) is 0.313. The lowest BCUT2D eigenvalue weighted by molar-refractivity contribution is -0.133. The molecule has 142 valence electrons. The van der Waals surface area contributed by atoms with Gasteiger partial charge in [0.2, 0.25) is 11.8 Å². The largest absolute Gasteiger partial charge is 0.496 e. The summed E-state index contributed by atoms with van der Waals surface area (Å²) in [6, 6.07) is 4.99. The lowest BCUT2D eigenvalue weighted by Gasteiger charge is -2.26. The lowest BCUT2D eigenvalue weighted by Crippen LogP contribution is -2.36. The fourth-order valence-electron chi connectivity index (χ4n) is 2.95. The highest BCUT2D eigenvalue weighted by Crippen LogP contribution is 2.24. The number of ether oxygens (including phenoxy) is 1. The Morgan fingerprint density at radius 2 is 2.04 bits per heavy atom. The molecule has 7 heteroatoms. The number of rotatable bonds is 7. The molecule has 1 N–H and O–H groups in total. The number of benzene rings is 1. The van der Waals surface area contributed by atoms with Crippen LogP contribution in [0.25, 0.3) is 0 Å². The normalized spacial score (nSPS) is 14.1. The number of methoxy groups -OCH3 is 1. The molecule has 1 aliphatic heterocycles. The smallest absolute Gasteiger partial charge is 0.257 e. The number of nitrogens with one attached hydrogen (secondary N) is 1. The first-order chi connectivity index (χ1) is 12.4. The van der Waals surface area contributed by atoms with Crippen molar-refractivity contribution in [2.75, 3.05) is 39.6 Å². The second-order valence-electron chi connectivity index (χ2n) is 6.60. The van der Waals surface area contributed by atoms with Gasteiger partial charge in [-0.1, -0.05) is 0 Å². The predicted octanol–water partition coefficient (Wildman–Crippen LogP) is 2.13. The van der Waals surface area contributed by atoms with E-state index in [0.29, 0.717) is 42.8 Å². The number of nitrogens with zero attached hydrogens (tertiary/aromatic N) is 2. The molecule has 1 heterocycles. The van der Waals surface area contributed by atoms with Crippen LogP contribution in [-0.2, 0) is 9.59 Å². The van der Waals surface area contributed by atoms with Gasteiger partial charge in [0.05, 0.1) is 12.7 Å². The number of hydrogen-bond acceptors (Lipinski definition) is 4. The Morgan fingerprint density at radius 1 is 1.27 bits per heavy atom. The van der Waals surface area contributed by atoms with Crippen LogP contribution < -0.4 is 10.1 Å². The molecule has 1 aliphatic rings. The number of piperidine rings is 1. The van der Waals surface area contributed by atoms with Crippen LogP contribution in [0.1, 0.15) is 42.5 Å². The highest BCUT2D eigenvalue weighted by atomic mass is 16.5. The second-order valence-corrected chi connectivity index (χ2v) is 6.60. The van der Waals surface area contributed by atoms with E-state index in [1.165, 1.54) is 12.0 Å². The van der Waals surface area contributed by atoms with Crippen molar-refractivity contribution in [3.05, 3.63) is 23.8 Å². The molecule has 0 radical (unpaired) electrons. The van der Waals surface area contributed by atoms with E-state index in [1.54, 1.807) is 32.3 Å². The molecule has 7 nitrogen and oxygen atoms in total. The summed E-state index contributed by atoms with van der Waals surface area (Å²) in [6.07, 6.45) is 3.55. The zero-order chi connectivity index (χ0) is 19.1. The van der Waals surface area contributed by atoms with E-state index in [-0.39, 0.29) is 17.7 Å². The molecule has 2 rings (SSSR count). The Morgan fingerprint density at radius 3 is 2.69 bits per heavy atom. The highest BCUT2D eigenvalue weighted by molar-refractivity contribution is 5.99. The molecule has 0 saturated carbocycles. The van der Waals surface area contributed by atoms with Crippen LogP contribution in [0.5, 0.6) is 5.75 Å². The Kier molecular flexibility index (Phi) is 7.00. The van der Waals surface area contributed by atoms with Crippen molar-refractivity contribution in [3.63, 3.8) is 0 Å². The predicted molar refractivity (Wildman–Crippen MR) is 99.3 cm³/mol. The summed E-state index contributed by atoms with van der Waals surface area (Å²) >= 11 is 0. The number of carbonyl (C=O) groups is 3. The molecule has 1 saturated heterocycles. The zero-order valence-corrected chi connectivity index (χ0v) is 15.7. The van der Waals surface area contributed by atoms with E-state index in [2.05, 4.69) is 5.32 Å². The average Bonchev–Trinajstić information content (AvgIpc) is 2.62. The van der Waals surface area contributed by atoms with E-state index in [0.717, 1.165) is 19.4 Å². The maximum Gasteiger partial charge on any atom is 0.257 e. The van der Waals surface area contributed by atoms with Gasteiger partial charge in [0, 0.05) is 45.7 Å². The zero-order valence-electron chi connectivity index (χ0n) is 15.7. The maximum atomic E-state index is 12.2. The van der Waals surface area contributed by atoms with Gasteiger partial charge in [0.15, 0.2) is 0 Å². The quantitative estimate of drug-likeness (QED) is 0.807. The standard InChI is InChI=1S/C19H27N3O4/c1-21(2)19(25)15-13-14(9-10-16(15)26-3)20-17(23)7-6-12-22-11-5-4-8-18(22)24/h9-10,13H,4-8,11-12H2,1-3H3,(H,20,23). The van der Waals surface area contributed by atoms with Gasteiger partial charge in [-0.3, -0.25) is 14.4 Å². The average molecular weight is 361 g/mol. The van der Waals surface area contributed by atoms with E-state index < -0.39 is 0 Å². The van der Waals surface area contributed by atoms with E-state index in [4.69, 9.17) is 4.74 Å². The molecule has 0 spiro atoms. The first-order valence-corrected chi connectivity index (χ1v) is 8.89. The lowest BCUT2D eigenvalue weighted by atomic mass is 10.1. The van der Waals surface area contributed by atoms with Crippen LogP contribution in [0.2, 0.25) is 0 Å². The Balaban J connectivity index is 1.91. The minimum absolute atomic E-state index is 0.136. The topological polar surface area (TPSA) is 79.0 Å². The van der Waals surface area contributed by atoms with Crippen molar-refractivity contribution in [3.8, 4) is 5.75 Å². The van der Waals surface area contributed by atoms with Crippen LogP contribution in [0.15, 0.2) is 18.2 Å². The van der Waals surface area contributed by atoms with E-state index >= 15 is 0 Å². The summed E-state index contributed by atoms with van der Waals surface area (Å²) in [5, 5.41) is 2.81. The molecule has 1 aromatic carbocycles. The molecule has 3 amide bonds. The van der Waals surface area contributed by atoms with Crippen molar-refractivity contribution >= 4 is 23.4 Å². The Hall–Kier alpha value is -2.57. The minimum Gasteiger partial charge on any atom is -0.496 e. The van der Waals surface area contributed by atoms with Crippen LogP contribution in [-0.4, -0.2) is 61.8 Å². The van der Waals surface area contributed by atoms with Crippen molar-refractivity contribution < 1.29 is 19.1 Å². The van der Waals surface area contributed by atoms with Gasteiger partial charge in [0.25, 0.3) is 5.91 Å². The summed E-state index contributed by atoms with van der Waals surface area (Å²) < 4.78 is 5.22. The molecular formula is C19H27N3O4. The van der Waals surface area contributed by atoms with Gasteiger partial charge < -0.3 is 19.9 Å². The van der Waals surface area contributed by atoms with Crippen molar-refractivity contribution in [2.24, 2.45) is 0 Å². The SMILES string of the molecule is COc1ccc(NC(=O)CCCN2CCCCC2=O)cc1C(=O)N(C)C. The van der Waals surface area contributed by atoms with Crippen LogP contribution in [0.3, 0.4) is 0 Å². The Bertz CT molecular complexity index is 673. The molecule has 0 aromatic heterocycles. The third kappa shape index (κ3) is 5.21. The fourth-order valence-corrected chi connectivity index (χ4v) is 2.95. The maximum absolute atomic E-state index is 12.2. The number of hydrogen-bond donors (Lipinski definition) is 1. The third-order valence-electron chi connectivity index (χ3n) is 4.37. The monoisotopic (exact) mass is 361 g/mol. The van der Waals surface area contributed by atoms with E-state index in [1.807, 2.05) is 4.90 Å². The third-order valence-corrected chi connectivity index (χ3v) is 4.37. The number of amides is 3. The van der Waals surface area contributed by atoms with E-state index in [9.17, 15) is 14.4 Å². The van der Waals surface area contributed by atoms with Crippen LogP contribution in [0, 0.1) is 0 Å². The molecule has 1 fully saturated rings. The first kappa shape index (κ1) is 19.8. The summed E-state index contributed by atoms with van der Waals surface area (Å²) in [4.78, 5) is 39.4. The molecule has 0 bridgehead atoms. The van der Waals surface area contributed by atoms with Crippen molar-refractivity contribution in [1.29, 1.82) is 0 Å². The van der Waals surface area contributed by atoms with Gasteiger partial charge in [0.1, 0.15) is 5.75 Å². The van der Waals surface area contributed by atoms with Crippen molar-refractivity contribution in [2.45, 2.75) is 32.1 Å². The van der Waals surface area contributed by atoms with Gasteiger partial charge in [-0.25, -0.2) is 0 Å². The fraction of sp³-hybridized carbons (Fsp3) is 0.526. The van der Waals surface area contributed by atoms with Gasteiger partial charge in [-0.2, -0.15) is 0 Å². The molecule has 0 atom stereocenters. The van der Waals surface area contributed by atoms with Crippen LogP contribution >= 0.6 is 0 Å². The molecule has 0 aliphatic carbocycles. The highest BCUT2D eigenvalue weighted by Gasteiger charge is 2.18. The molecule has 26 heavy (non-hydrogen) atoms. The van der Waals surface area contributed by atoms with Crippen LogP contribution in [0.4, 0.5) is 5.69 Å². The summed E-state index contributed by atoms with van der Waals surface area (Å²) in [5.41, 5.74) is 0.948. The summed E-state index contributed by atoms with van der Waals surface area (Å²) in [7, 11) is 4.83. The van der Waals surface area contributed by atoms with Gasteiger partial charge in [-0.15, -0.1) is 0 Å². The van der Waals surface area contributed by atoms with Gasteiger partial charge in [-0.05, 0) is 37.5 Å². The summed E-state index contributed by atoms with van der Waals surface area (Å²) in [6.45, 7) is 1.40. The molecule has 1 aromatic rings. The Labute approximate surface area is 154 Å². The number of anilines is 1.